The Labute approximate surface area is 109 Å². The summed E-state index contributed by atoms with van der Waals surface area (Å²) >= 11 is 6.15. The quantitative estimate of drug-likeness (QED) is 0.817. The Bertz CT molecular complexity index is 350. The van der Waals surface area contributed by atoms with Crippen LogP contribution in [0.2, 0.25) is 5.02 Å². The van der Waals surface area contributed by atoms with Crippen LogP contribution < -0.4 is 5.32 Å². The monoisotopic (exact) mass is 255 g/mol. The van der Waals surface area contributed by atoms with E-state index in [1.165, 1.54) is 0 Å². The van der Waals surface area contributed by atoms with E-state index in [1.54, 1.807) is 0 Å². The summed E-state index contributed by atoms with van der Waals surface area (Å²) < 4.78 is 0. The van der Waals surface area contributed by atoms with Crippen molar-refractivity contribution < 1.29 is 5.11 Å². The molecule has 0 fully saturated rings. The smallest absolute Gasteiger partial charge is 0.0496 e. The van der Waals surface area contributed by atoms with Crippen LogP contribution >= 0.6 is 11.6 Å². The van der Waals surface area contributed by atoms with Gasteiger partial charge in [-0.3, -0.25) is 0 Å². The lowest BCUT2D eigenvalue weighted by Gasteiger charge is -2.28. The van der Waals surface area contributed by atoms with Crippen molar-refractivity contribution in [1.82, 2.24) is 5.32 Å². The summed E-state index contributed by atoms with van der Waals surface area (Å²) in [5, 5.41) is 13.6. The van der Waals surface area contributed by atoms with Gasteiger partial charge in [0.05, 0.1) is 0 Å². The van der Waals surface area contributed by atoms with E-state index in [-0.39, 0.29) is 18.1 Å². The highest BCUT2D eigenvalue weighted by atomic mass is 35.5. The number of rotatable bonds is 6. The SMILES string of the molecule is CCC(C)(CO)CN[C@@H](C)c1ccccc1Cl. The molecular weight excluding hydrogens is 234 g/mol. The van der Waals surface area contributed by atoms with Gasteiger partial charge in [-0.05, 0) is 25.0 Å². The van der Waals surface area contributed by atoms with E-state index in [4.69, 9.17) is 11.6 Å². The van der Waals surface area contributed by atoms with Gasteiger partial charge in [0.2, 0.25) is 0 Å². The molecule has 1 rings (SSSR count). The second-order valence-corrected chi connectivity index (χ2v) is 5.35. The highest BCUT2D eigenvalue weighted by Gasteiger charge is 2.22. The molecule has 3 heteroatoms. The van der Waals surface area contributed by atoms with Crippen molar-refractivity contribution in [2.45, 2.75) is 33.2 Å². The van der Waals surface area contributed by atoms with Gasteiger partial charge < -0.3 is 10.4 Å². The Kier molecular flexibility index (Phi) is 5.44. The van der Waals surface area contributed by atoms with Gasteiger partial charge in [0.25, 0.3) is 0 Å². The average molecular weight is 256 g/mol. The van der Waals surface area contributed by atoms with Gasteiger partial charge in [-0.1, -0.05) is 43.6 Å². The Balaban J connectivity index is 2.62. The van der Waals surface area contributed by atoms with Gasteiger partial charge in [0, 0.05) is 29.6 Å². The molecule has 1 aromatic rings. The highest BCUT2D eigenvalue weighted by molar-refractivity contribution is 6.31. The topological polar surface area (TPSA) is 32.3 Å². The Hall–Kier alpha value is -0.570. The minimum Gasteiger partial charge on any atom is -0.396 e. The van der Waals surface area contributed by atoms with Crippen LogP contribution in [0.1, 0.15) is 38.8 Å². The third kappa shape index (κ3) is 3.98. The van der Waals surface area contributed by atoms with E-state index in [1.807, 2.05) is 24.3 Å². The van der Waals surface area contributed by atoms with Crippen LogP contribution in [-0.4, -0.2) is 18.3 Å². The standard InChI is InChI=1S/C14H22ClNO/c1-4-14(3,10-17)9-16-11(2)12-7-5-6-8-13(12)15/h5-8,11,16-17H,4,9-10H2,1-3H3/t11-,14?/m0/s1. The van der Waals surface area contributed by atoms with Crippen LogP contribution in [0.25, 0.3) is 0 Å². The zero-order valence-corrected chi connectivity index (χ0v) is 11.6. The molecule has 0 saturated heterocycles. The second-order valence-electron chi connectivity index (χ2n) is 4.95. The predicted octanol–water partition coefficient (Wildman–Crippen LogP) is 3.40. The first-order valence-electron chi connectivity index (χ1n) is 6.11. The molecule has 0 aromatic heterocycles. The Morgan fingerprint density at radius 3 is 2.59 bits per heavy atom. The first-order valence-corrected chi connectivity index (χ1v) is 6.49. The molecule has 2 N–H and O–H groups in total. The van der Waals surface area contributed by atoms with Crippen molar-refractivity contribution in [2.75, 3.05) is 13.2 Å². The minimum absolute atomic E-state index is 0.0600. The van der Waals surface area contributed by atoms with Gasteiger partial charge in [0.1, 0.15) is 0 Å². The largest absolute Gasteiger partial charge is 0.396 e. The molecule has 0 radical (unpaired) electrons. The van der Waals surface area contributed by atoms with Gasteiger partial charge in [-0.2, -0.15) is 0 Å². The number of aliphatic hydroxyl groups is 1. The van der Waals surface area contributed by atoms with E-state index in [9.17, 15) is 5.11 Å². The van der Waals surface area contributed by atoms with Gasteiger partial charge >= 0.3 is 0 Å². The zero-order valence-electron chi connectivity index (χ0n) is 10.8. The van der Waals surface area contributed by atoms with Crippen molar-refractivity contribution in [3.05, 3.63) is 34.9 Å². The summed E-state index contributed by atoms with van der Waals surface area (Å²) in [7, 11) is 0. The summed E-state index contributed by atoms with van der Waals surface area (Å²) in [4.78, 5) is 0. The summed E-state index contributed by atoms with van der Waals surface area (Å²) in [6, 6.07) is 8.05. The third-order valence-corrected chi connectivity index (χ3v) is 3.79. The van der Waals surface area contributed by atoms with Gasteiger partial charge in [-0.25, -0.2) is 0 Å². The van der Waals surface area contributed by atoms with Gasteiger partial charge in [-0.15, -0.1) is 0 Å². The summed E-state index contributed by atoms with van der Waals surface area (Å²) in [5.41, 5.74) is 1.04. The lowest BCUT2D eigenvalue weighted by atomic mass is 9.88. The van der Waals surface area contributed by atoms with Gasteiger partial charge in [0.15, 0.2) is 0 Å². The van der Waals surface area contributed by atoms with E-state index in [2.05, 4.69) is 26.1 Å². The van der Waals surface area contributed by atoms with E-state index in [0.29, 0.717) is 0 Å². The minimum atomic E-state index is -0.0600. The van der Waals surface area contributed by atoms with Crippen molar-refractivity contribution in [3.63, 3.8) is 0 Å². The first kappa shape index (κ1) is 14.5. The Morgan fingerprint density at radius 2 is 2.06 bits per heavy atom. The molecule has 0 spiro atoms. The first-order chi connectivity index (χ1) is 8.02. The molecule has 96 valence electrons. The number of aliphatic hydroxyl groups excluding tert-OH is 1. The number of benzene rings is 1. The number of halogens is 1. The molecule has 0 bridgehead atoms. The van der Waals surface area contributed by atoms with Crippen LogP contribution in [0, 0.1) is 5.41 Å². The molecule has 0 amide bonds. The number of hydrogen-bond donors (Lipinski definition) is 2. The van der Waals surface area contributed by atoms with Crippen molar-refractivity contribution >= 4 is 11.6 Å². The maximum absolute atomic E-state index is 9.36. The number of hydrogen-bond acceptors (Lipinski definition) is 2. The molecule has 0 aliphatic heterocycles. The van der Waals surface area contributed by atoms with Crippen molar-refractivity contribution in [3.8, 4) is 0 Å². The lowest BCUT2D eigenvalue weighted by molar-refractivity contribution is 0.132. The predicted molar refractivity (Wildman–Crippen MR) is 73.4 cm³/mol. The lowest BCUT2D eigenvalue weighted by Crippen LogP contribution is -2.35. The average Bonchev–Trinajstić information content (AvgIpc) is 2.36. The molecule has 1 unspecified atom stereocenters. The maximum Gasteiger partial charge on any atom is 0.0496 e. The normalized spacial score (nSPS) is 16.5. The van der Waals surface area contributed by atoms with E-state index >= 15 is 0 Å². The van der Waals surface area contributed by atoms with Crippen LogP contribution in [0.5, 0.6) is 0 Å². The Morgan fingerprint density at radius 1 is 1.41 bits per heavy atom. The summed E-state index contributed by atoms with van der Waals surface area (Å²) in [6.45, 7) is 7.25. The van der Waals surface area contributed by atoms with Crippen molar-refractivity contribution in [1.29, 1.82) is 0 Å². The summed E-state index contributed by atoms with van der Waals surface area (Å²) in [5.74, 6) is 0. The third-order valence-electron chi connectivity index (χ3n) is 3.44. The van der Waals surface area contributed by atoms with Crippen LogP contribution in [-0.2, 0) is 0 Å². The second kappa shape index (κ2) is 6.39. The molecule has 0 saturated carbocycles. The van der Waals surface area contributed by atoms with Crippen LogP contribution in [0.3, 0.4) is 0 Å². The maximum atomic E-state index is 9.36. The molecule has 0 aliphatic rings. The highest BCUT2D eigenvalue weighted by Crippen LogP contribution is 2.24. The summed E-state index contributed by atoms with van der Waals surface area (Å²) in [6.07, 6.45) is 0.950. The molecule has 0 heterocycles. The molecule has 2 atom stereocenters. The number of nitrogens with one attached hydrogen (secondary N) is 1. The van der Waals surface area contributed by atoms with Crippen LogP contribution in [0.15, 0.2) is 24.3 Å². The molecule has 1 aromatic carbocycles. The molecule has 2 nitrogen and oxygen atoms in total. The van der Waals surface area contributed by atoms with Crippen LogP contribution in [0.4, 0.5) is 0 Å². The molecule has 17 heavy (non-hydrogen) atoms. The fourth-order valence-corrected chi connectivity index (χ4v) is 1.93. The zero-order chi connectivity index (χ0) is 12.9. The molecule has 0 aliphatic carbocycles. The fraction of sp³-hybridized carbons (Fsp3) is 0.571. The van der Waals surface area contributed by atoms with Crippen molar-refractivity contribution in [2.24, 2.45) is 5.41 Å². The molecular formula is C14H22ClNO. The van der Waals surface area contributed by atoms with E-state index < -0.39 is 0 Å². The fourth-order valence-electron chi connectivity index (χ4n) is 1.63. The van der Waals surface area contributed by atoms with E-state index in [0.717, 1.165) is 23.6 Å².